The largest absolute Gasteiger partial charge is 0.477 e. The first-order chi connectivity index (χ1) is 11.9. The van der Waals surface area contributed by atoms with Crippen LogP contribution in [0.5, 0.6) is 0 Å². The molecule has 0 saturated carbocycles. The van der Waals surface area contributed by atoms with Crippen LogP contribution in [0.4, 0.5) is 5.69 Å². The molecule has 2 heterocycles. The van der Waals surface area contributed by atoms with E-state index >= 15 is 0 Å². The summed E-state index contributed by atoms with van der Waals surface area (Å²) in [5, 5.41) is 9.21. The number of aromatic carboxylic acids is 1. The van der Waals surface area contributed by atoms with Gasteiger partial charge in [-0.1, -0.05) is 18.2 Å². The molecule has 0 amide bonds. The van der Waals surface area contributed by atoms with Crippen molar-refractivity contribution < 1.29 is 18.3 Å². The zero-order chi connectivity index (χ0) is 18.0. The van der Waals surface area contributed by atoms with Gasteiger partial charge in [-0.05, 0) is 25.1 Å². The number of carboxylic acid groups (broad SMARTS) is 1. The molecular weight excluding hydrogens is 342 g/mol. The van der Waals surface area contributed by atoms with E-state index < -0.39 is 16.0 Å². The Balaban J connectivity index is 1.77. The van der Waals surface area contributed by atoms with Crippen molar-refractivity contribution in [3.8, 4) is 0 Å². The molecule has 1 aromatic carbocycles. The second kappa shape index (κ2) is 6.89. The molecule has 1 fully saturated rings. The Bertz CT molecular complexity index is 853. The van der Waals surface area contributed by atoms with Crippen molar-refractivity contribution in [3.63, 3.8) is 0 Å². The molecule has 2 aromatic rings. The molecule has 0 aliphatic carbocycles. The van der Waals surface area contributed by atoms with E-state index in [4.69, 9.17) is 0 Å². The number of hydrogen-bond acceptors (Lipinski definition) is 4. The number of sulfonamides is 1. The van der Waals surface area contributed by atoms with Crippen molar-refractivity contribution in [2.45, 2.75) is 18.4 Å². The summed E-state index contributed by atoms with van der Waals surface area (Å²) in [6.07, 6.45) is 1.41. The van der Waals surface area contributed by atoms with Crippen LogP contribution in [-0.2, 0) is 16.6 Å². The molecule has 1 aliphatic heterocycles. The molecule has 1 aliphatic rings. The van der Waals surface area contributed by atoms with Gasteiger partial charge in [0.05, 0.1) is 0 Å². The van der Waals surface area contributed by atoms with Gasteiger partial charge >= 0.3 is 5.97 Å². The molecule has 8 heteroatoms. The van der Waals surface area contributed by atoms with Crippen LogP contribution in [0.1, 0.15) is 17.4 Å². The number of nitrogens with zero attached hydrogens (tertiary/aromatic N) is 3. The topological polar surface area (TPSA) is 82.9 Å². The molecule has 0 atom stereocenters. The number of rotatable bonds is 5. The van der Waals surface area contributed by atoms with Gasteiger partial charge in [-0.25, -0.2) is 13.2 Å². The number of benzene rings is 1. The Labute approximate surface area is 147 Å². The summed E-state index contributed by atoms with van der Waals surface area (Å²) in [6.45, 7) is 4.13. The second-order valence-corrected chi connectivity index (χ2v) is 7.82. The Hall–Kier alpha value is -2.32. The quantitative estimate of drug-likeness (QED) is 0.875. The summed E-state index contributed by atoms with van der Waals surface area (Å²) in [5.74, 6) is -1.13. The zero-order valence-electron chi connectivity index (χ0n) is 14.0. The standard InChI is InChI=1S/C17H21N3O4S/c1-2-18-13-15(12-16(18)17(21)22)25(23,24)20-10-8-19(9-11-20)14-6-4-3-5-7-14/h3-7,12-13H,2,8-11H2,1H3,(H,21,22). The van der Waals surface area contributed by atoms with Gasteiger partial charge in [0.15, 0.2) is 0 Å². The second-order valence-electron chi connectivity index (χ2n) is 5.88. The fraction of sp³-hybridized carbons (Fsp3) is 0.353. The van der Waals surface area contributed by atoms with Gasteiger partial charge in [-0.15, -0.1) is 0 Å². The predicted octanol–water partition coefficient (Wildman–Crippen LogP) is 1.72. The highest BCUT2D eigenvalue weighted by molar-refractivity contribution is 7.89. The molecule has 25 heavy (non-hydrogen) atoms. The molecule has 1 saturated heterocycles. The summed E-state index contributed by atoms with van der Waals surface area (Å²) in [7, 11) is -3.69. The van der Waals surface area contributed by atoms with E-state index in [0.717, 1.165) is 5.69 Å². The van der Waals surface area contributed by atoms with Crippen LogP contribution in [0, 0.1) is 0 Å². The molecule has 0 bridgehead atoms. The predicted molar refractivity (Wildman–Crippen MR) is 94.5 cm³/mol. The molecule has 1 aromatic heterocycles. The average molecular weight is 363 g/mol. The van der Waals surface area contributed by atoms with Gasteiger partial charge < -0.3 is 14.6 Å². The van der Waals surface area contributed by atoms with E-state index in [0.29, 0.717) is 32.7 Å². The van der Waals surface area contributed by atoms with E-state index in [1.165, 1.54) is 21.1 Å². The highest BCUT2D eigenvalue weighted by atomic mass is 32.2. The third-order valence-corrected chi connectivity index (χ3v) is 6.29. The third kappa shape index (κ3) is 3.40. The molecular formula is C17H21N3O4S. The summed E-state index contributed by atoms with van der Waals surface area (Å²) in [4.78, 5) is 13.4. The molecule has 0 unspecified atom stereocenters. The maximum absolute atomic E-state index is 12.8. The Morgan fingerprint density at radius 2 is 1.76 bits per heavy atom. The average Bonchev–Trinajstić information content (AvgIpc) is 3.08. The van der Waals surface area contributed by atoms with Crippen molar-refractivity contribution >= 4 is 21.7 Å². The molecule has 0 radical (unpaired) electrons. The Morgan fingerprint density at radius 3 is 2.28 bits per heavy atom. The molecule has 0 spiro atoms. The molecule has 7 nitrogen and oxygen atoms in total. The fourth-order valence-corrected chi connectivity index (χ4v) is 4.50. The highest BCUT2D eigenvalue weighted by Gasteiger charge is 2.30. The third-order valence-electron chi connectivity index (χ3n) is 4.43. The number of piperazine rings is 1. The van der Waals surface area contributed by atoms with Crippen LogP contribution >= 0.6 is 0 Å². The van der Waals surface area contributed by atoms with E-state index in [2.05, 4.69) is 4.90 Å². The van der Waals surface area contributed by atoms with Crippen LogP contribution < -0.4 is 4.90 Å². The lowest BCUT2D eigenvalue weighted by Gasteiger charge is -2.35. The van der Waals surface area contributed by atoms with Crippen molar-refractivity contribution in [2.75, 3.05) is 31.1 Å². The van der Waals surface area contributed by atoms with Crippen molar-refractivity contribution in [3.05, 3.63) is 48.3 Å². The normalized spacial score (nSPS) is 16.1. The number of hydrogen-bond donors (Lipinski definition) is 1. The summed E-state index contributed by atoms with van der Waals surface area (Å²) >= 11 is 0. The SMILES string of the molecule is CCn1cc(S(=O)(=O)N2CCN(c3ccccc3)CC2)cc1C(=O)O. The minimum atomic E-state index is -3.69. The Kier molecular flexibility index (Phi) is 4.82. The maximum atomic E-state index is 12.8. The van der Waals surface area contributed by atoms with E-state index in [9.17, 15) is 18.3 Å². The van der Waals surface area contributed by atoms with Gasteiger partial charge in [0.25, 0.3) is 0 Å². The summed E-state index contributed by atoms with van der Waals surface area (Å²) in [6, 6.07) is 11.1. The van der Waals surface area contributed by atoms with Crippen LogP contribution in [0.15, 0.2) is 47.5 Å². The Morgan fingerprint density at radius 1 is 1.12 bits per heavy atom. The number of aryl methyl sites for hydroxylation is 1. The summed E-state index contributed by atoms with van der Waals surface area (Å²) in [5.41, 5.74) is 1.06. The van der Waals surface area contributed by atoms with Crippen LogP contribution in [-0.4, -0.2) is 54.5 Å². The lowest BCUT2D eigenvalue weighted by molar-refractivity contribution is 0.0685. The van der Waals surface area contributed by atoms with Gasteiger partial charge in [0.2, 0.25) is 10.0 Å². The number of carboxylic acids is 1. The summed E-state index contributed by atoms with van der Waals surface area (Å²) < 4.78 is 28.5. The molecule has 134 valence electrons. The minimum Gasteiger partial charge on any atom is -0.477 e. The van der Waals surface area contributed by atoms with E-state index in [-0.39, 0.29) is 10.6 Å². The van der Waals surface area contributed by atoms with Gasteiger partial charge in [-0.2, -0.15) is 4.31 Å². The lowest BCUT2D eigenvalue weighted by atomic mass is 10.2. The van der Waals surface area contributed by atoms with Gasteiger partial charge in [-0.3, -0.25) is 0 Å². The number of para-hydroxylation sites is 1. The number of anilines is 1. The van der Waals surface area contributed by atoms with Gasteiger partial charge in [0, 0.05) is 44.6 Å². The first-order valence-electron chi connectivity index (χ1n) is 8.17. The molecule has 1 N–H and O–H groups in total. The monoisotopic (exact) mass is 363 g/mol. The zero-order valence-corrected chi connectivity index (χ0v) is 14.8. The van der Waals surface area contributed by atoms with Crippen molar-refractivity contribution in [1.29, 1.82) is 0 Å². The number of aromatic nitrogens is 1. The van der Waals surface area contributed by atoms with Gasteiger partial charge in [0.1, 0.15) is 10.6 Å². The minimum absolute atomic E-state index is 0.0102. The van der Waals surface area contributed by atoms with E-state index in [1.807, 2.05) is 30.3 Å². The van der Waals surface area contributed by atoms with Crippen LogP contribution in [0.2, 0.25) is 0 Å². The maximum Gasteiger partial charge on any atom is 0.352 e. The first kappa shape index (κ1) is 17.5. The van der Waals surface area contributed by atoms with E-state index in [1.54, 1.807) is 6.92 Å². The smallest absolute Gasteiger partial charge is 0.352 e. The fourth-order valence-electron chi connectivity index (χ4n) is 3.04. The van der Waals surface area contributed by atoms with Crippen LogP contribution in [0.25, 0.3) is 0 Å². The van der Waals surface area contributed by atoms with Crippen LogP contribution in [0.3, 0.4) is 0 Å². The lowest BCUT2D eigenvalue weighted by Crippen LogP contribution is -2.48. The highest BCUT2D eigenvalue weighted by Crippen LogP contribution is 2.22. The van der Waals surface area contributed by atoms with Crippen molar-refractivity contribution in [1.82, 2.24) is 8.87 Å². The number of carbonyl (C=O) groups is 1. The van der Waals surface area contributed by atoms with Crippen molar-refractivity contribution in [2.24, 2.45) is 0 Å². The first-order valence-corrected chi connectivity index (χ1v) is 9.61. The molecule has 3 rings (SSSR count).